The number of alkyl halides is 3. The normalized spacial score (nSPS) is 13.8. The molecular weight excluding hydrogens is 234 g/mol. The second-order valence-electron chi connectivity index (χ2n) is 3.91. The molecule has 0 heterocycles. The van der Waals surface area contributed by atoms with Crippen molar-refractivity contribution in [3.8, 4) is 0 Å². The van der Waals surface area contributed by atoms with Crippen molar-refractivity contribution in [2.75, 3.05) is 6.54 Å². The van der Waals surface area contributed by atoms with Crippen LogP contribution >= 0.6 is 0 Å². The van der Waals surface area contributed by atoms with Gasteiger partial charge in [0.05, 0.1) is 5.56 Å². The maximum Gasteiger partial charge on any atom is 0.419 e. The number of benzene rings is 1. The smallest absolute Gasteiger partial charge is 0.310 e. The van der Waals surface area contributed by atoms with Crippen molar-refractivity contribution in [2.24, 2.45) is 0 Å². The lowest BCUT2D eigenvalue weighted by Gasteiger charge is -2.15. The van der Waals surface area contributed by atoms with E-state index in [1.807, 2.05) is 6.92 Å². The molecule has 1 unspecified atom stereocenters. The van der Waals surface area contributed by atoms with Gasteiger partial charge in [0.2, 0.25) is 0 Å². The largest absolute Gasteiger partial charge is 0.419 e. The zero-order valence-corrected chi connectivity index (χ0v) is 9.74. The van der Waals surface area contributed by atoms with E-state index in [-0.39, 0.29) is 6.04 Å². The number of halogens is 4. The van der Waals surface area contributed by atoms with Crippen LogP contribution in [0.5, 0.6) is 0 Å². The minimum Gasteiger partial charge on any atom is -0.310 e. The molecule has 0 spiro atoms. The van der Waals surface area contributed by atoms with Crippen molar-refractivity contribution < 1.29 is 17.6 Å². The van der Waals surface area contributed by atoms with Crippen molar-refractivity contribution in [1.29, 1.82) is 0 Å². The van der Waals surface area contributed by atoms with E-state index >= 15 is 0 Å². The molecule has 0 fully saturated rings. The van der Waals surface area contributed by atoms with E-state index < -0.39 is 17.6 Å². The maximum absolute atomic E-state index is 13.3. The van der Waals surface area contributed by atoms with E-state index in [2.05, 4.69) is 5.32 Å². The van der Waals surface area contributed by atoms with E-state index in [4.69, 9.17) is 0 Å². The minimum atomic E-state index is -4.64. The van der Waals surface area contributed by atoms with Gasteiger partial charge in [-0.05, 0) is 37.6 Å². The predicted molar refractivity (Wildman–Crippen MR) is 58.1 cm³/mol. The summed E-state index contributed by atoms with van der Waals surface area (Å²) in [7, 11) is 0. The third-order valence-electron chi connectivity index (χ3n) is 2.50. The molecule has 0 saturated heterocycles. The average Bonchev–Trinajstić information content (AvgIpc) is 2.23. The second kappa shape index (κ2) is 5.49. The molecule has 0 bridgehead atoms. The summed E-state index contributed by atoms with van der Waals surface area (Å²) in [5, 5.41) is 3.09. The first-order chi connectivity index (χ1) is 7.86. The first-order valence-corrected chi connectivity index (χ1v) is 5.46. The van der Waals surface area contributed by atoms with Gasteiger partial charge < -0.3 is 5.32 Å². The Kier molecular flexibility index (Phi) is 4.51. The maximum atomic E-state index is 13.3. The highest BCUT2D eigenvalue weighted by Crippen LogP contribution is 2.32. The van der Waals surface area contributed by atoms with Gasteiger partial charge in [-0.3, -0.25) is 0 Å². The molecule has 1 nitrogen and oxygen atoms in total. The van der Waals surface area contributed by atoms with Gasteiger partial charge >= 0.3 is 6.18 Å². The van der Waals surface area contributed by atoms with Gasteiger partial charge in [-0.25, -0.2) is 4.39 Å². The second-order valence-corrected chi connectivity index (χ2v) is 3.91. The molecule has 0 radical (unpaired) electrons. The Morgan fingerprint density at radius 2 is 1.94 bits per heavy atom. The van der Waals surface area contributed by atoms with Gasteiger partial charge in [0, 0.05) is 6.04 Å². The molecule has 1 rings (SSSR count). The highest BCUT2D eigenvalue weighted by atomic mass is 19.4. The van der Waals surface area contributed by atoms with Gasteiger partial charge in [-0.15, -0.1) is 0 Å². The third kappa shape index (κ3) is 3.70. The van der Waals surface area contributed by atoms with Crippen LogP contribution < -0.4 is 5.32 Å². The van der Waals surface area contributed by atoms with Gasteiger partial charge in [0.25, 0.3) is 0 Å². The lowest BCUT2D eigenvalue weighted by Crippen LogP contribution is -2.20. The van der Waals surface area contributed by atoms with Gasteiger partial charge in [-0.2, -0.15) is 13.2 Å². The Bertz CT molecular complexity index is 373. The molecule has 1 aromatic rings. The minimum absolute atomic E-state index is 0.160. The summed E-state index contributed by atoms with van der Waals surface area (Å²) in [6, 6.07) is 2.87. The zero-order chi connectivity index (χ0) is 13.1. The molecule has 0 aromatic heterocycles. The van der Waals surface area contributed by atoms with Crippen LogP contribution in [-0.2, 0) is 6.18 Å². The van der Waals surface area contributed by atoms with Gasteiger partial charge in [0.1, 0.15) is 5.82 Å². The molecule has 0 amide bonds. The van der Waals surface area contributed by atoms with E-state index in [1.165, 1.54) is 6.07 Å². The lowest BCUT2D eigenvalue weighted by molar-refractivity contribution is -0.140. The Hall–Kier alpha value is -1.10. The van der Waals surface area contributed by atoms with Crippen molar-refractivity contribution in [3.63, 3.8) is 0 Å². The van der Waals surface area contributed by atoms with E-state index in [1.54, 1.807) is 6.92 Å². The molecule has 17 heavy (non-hydrogen) atoms. The van der Waals surface area contributed by atoms with E-state index in [0.717, 1.165) is 25.1 Å². The van der Waals surface area contributed by atoms with Crippen LogP contribution in [0.4, 0.5) is 17.6 Å². The molecule has 1 aromatic carbocycles. The molecule has 5 heteroatoms. The SMILES string of the molecule is CCCNC(C)c1ccc(C(F)(F)F)c(F)c1. The summed E-state index contributed by atoms with van der Waals surface area (Å²) < 4.78 is 50.3. The van der Waals surface area contributed by atoms with Crippen molar-refractivity contribution >= 4 is 0 Å². The molecule has 0 aliphatic carbocycles. The zero-order valence-electron chi connectivity index (χ0n) is 9.74. The fraction of sp³-hybridized carbons (Fsp3) is 0.500. The molecule has 1 N–H and O–H groups in total. The van der Waals surface area contributed by atoms with Crippen LogP contribution in [0.15, 0.2) is 18.2 Å². The van der Waals surface area contributed by atoms with E-state index in [0.29, 0.717) is 5.56 Å². The topological polar surface area (TPSA) is 12.0 Å². The molecular formula is C12H15F4N. The number of hydrogen-bond donors (Lipinski definition) is 1. The first kappa shape index (κ1) is 14.0. The molecule has 0 saturated carbocycles. The molecule has 1 atom stereocenters. The highest BCUT2D eigenvalue weighted by molar-refractivity contribution is 5.28. The number of nitrogens with one attached hydrogen (secondary N) is 1. The average molecular weight is 249 g/mol. The fourth-order valence-electron chi connectivity index (χ4n) is 1.51. The van der Waals surface area contributed by atoms with Crippen LogP contribution in [0.3, 0.4) is 0 Å². The van der Waals surface area contributed by atoms with Crippen molar-refractivity contribution in [1.82, 2.24) is 5.32 Å². The fourth-order valence-corrected chi connectivity index (χ4v) is 1.51. The van der Waals surface area contributed by atoms with Gasteiger partial charge in [0.15, 0.2) is 0 Å². The summed E-state index contributed by atoms with van der Waals surface area (Å²) in [4.78, 5) is 0. The van der Waals surface area contributed by atoms with Crippen LogP contribution in [0.1, 0.15) is 37.4 Å². The monoisotopic (exact) mass is 249 g/mol. The van der Waals surface area contributed by atoms with Crippen LogP contribution in [-0.4, -0.2) is 6.54 Å². The Balaban J connectivity index is 2.89. The Labute approximate surface area is 97.8 Å². The molecule has 0 aliphatic heterocycles. The van der Waals surface area contributed by atoms with Crippen molar-refractivity contribution in [2.45, 2.75) is 32.5 Å². The van der Waals surface area contributed by atoms with Crippen LogP contribution in [0.25, 0.3) is 0 Å². The molecule has 96 valence electrons. The highest BCUT2D eigenvalue weighted by Gasteiger charge is 2.34. The number of rotatable bonds is 4. The summed E-state index contributed by atoms with van der Waals surface area (Å²) >= 11 is 0. The first-order valence-electron chi connectivity index (χ1n) is 5.46. The Morgan fingerprint density at radius 1 is 1.29 bits per heavy atom. The molecule has 0 aliphatic rings. The predicted octanol–water partition coefficient (Wildman–Crippen LogP) is 3.91. The summed E-state index contributed by atoms with van der Waals surface area (Å²) in [5.41, 5.74) is -0.701. The summed E-state index contributed by atoms with van der Waals surface area (Å²) in [6.07, 6.45) is -3.73. The summed E-state index contributed by atoms with van der Waals surface area (Å²) in [5.74, 6) is -1.22. The van der Waals surface area contributed by atoms with E-state index in [9.17, 15) is 17.6 Å². The summed E-state index contributed by atoms with van der Waals surface area (Å²) in [6.45, 7) is 4.51. The lowest BCUT2D eigenvalue weighted by atomic mass is 10.1. The standard InChI is InChI=1S/C12H15F4N/c1-3-6-17-8(2)9-4-5-10(11(13)7-9)12(14,15)16/h4-5,7-8,17H,3,6H2,1-2H3. The van der Waals surface area contributed by atoms with Crippen molar-refractivity contribution in [3.05, 3.63) is 35.1 Å². The third-order valence-corrected chi connectivity index (χ3v) is 2.50. The van der Waals surface area contributed by atoms with Gasteiger partial charge in [-0.1, -0.05) is 13.0 Å². The quantitative estimate of drug-likeness (QED) is 0.798. The number of hydrogen-bond acceptors (Lipinski definition) is 1. The van der Waals surface area contributed by atoms with Crippen LogP contribution in [0.2, 0.25) is 0 Å². The van der Waals surface area contributed by atoms with Crippen LogP contribution in [0, 0.1) is 5.82 Å². The Morgan fingerprint density at radius 3 is 2.41 bits per heavy atom.